The minimum atomic E-state index is 0.269. The molecule has 0 bridgehead atoms. The molecule has 0 aliphatic heterocycles. The zero-order valence-electron chi connectivity index (χ0n) is 7.62. The van der Waals surface area contributed by atoms with Crippen molar-refractivity contribution in [1.82, 2.24) is 0 Å². The Morgan fingerprint density at radius 2 is 2.08 bits per heavy atom. The van der Waals surface area contributed by atoms with Crippen molar-refractivity contribution in [2.75, 3.05) is 0 Å². The molecule has 12 heavy (non-hydrogen) atoms. The lowest BCUT2D eigenvalue weighted by Gasteiger charge is -1.89. The number of allylic oxidation sites excluding steroid dienone is 5. The summed E-state index contributed by atoms with van der Waals surface area (Å²) in [7, 11) is 0. The van der Waals surface area contributed by atoms with E-state index in [0.29, 0.717) is 6.42 Å². The van der Waals surface area contributed by atoms with Crippen LogP contribution in [0, 0.1) is 0 Å². The van der Waals surface area contributed by atoms with Crippen LogP contribution in [0.4, 0.5) is 0 Å². The van der Waals surface area contributed by atoms with E-state index in [-0.39, 0.29) is 5.78 Å². The van der Waals surface area contributed by atoms with E-state index in [1.165, 1.54) is 0 Å². The summed E-state index contributed by atoms with van der Waals surface area (Å²) in [6.07, 6.45) is 12.2. The molecule has 0 heterocycles. The van der Waals surface area contributed by atoms with Gasteiger partial charge < -0.3 is 4.79 Å². The smallest absolute Gasteiger partial charge is 0.129 e. The maximum Gasteiger partial charge on any atom is 0.129 e. The van der Waals surface area contributed by atoms with Crippen LogP contribution in [0.1, 0.15) is 26.2 Å². The van der Waals surface area contributed by atoms with Gasteiger partial charge in [-0.25, -0.2) is 0 Å². The minimum Gasteiger partial charge on any atom is -0.300 e. The van der Waals surface area contributed by atoms with E-state index in [1.54, 1.807) is 13.0 Å². The van der Waals surface area contributed by atoms with Crippen molar-refractivity contribution in [3.05, 3.63) is 37.0 Å². The van der Waals surface area contributed by atoms with Crippen molar-refractivity contribution in [2.24, 2.45) is 0 Å². The number of rotatable bonds is 6. The van der Waals surface area contributed by atoms with Gasteiger partial charge in [-0.15, -0.1) is 0 Å². The highest BCUT2D eigenvalue weighted by atomic mass is 16.1. The van der Waals surface area contributed by atoms with E-state index < -0.39 is 0 Å². The molecular weight excluding hydrogens is 148 g/mol. The van der Waals surface area contributed by atoms with Gasteiger partial charge in [0.05, 0.1) is 0 Å². The van der Waals surface area contributed by atoms with E-state index in [2.05, 4.69) is 12.7 Å². The summed E-state index contributed by atoms with van der Waals surface area (Å²) >= 11 is 0. The van der Waals surface area contributed by atoms with Gasteiger partial charge >= 0.3 is 0 Å². The second-order valence-electron chi connectivity index (χ2n) is 2.64. The van der Waals surface area contributed by atoms with E-state index in [0.717, 1.165) is 12.8 Å². The third-order valence-electron chi connectivity index (χ3n) is 1.39. The molecule has 0 saturated heterocycles. The number of unbranched alkanes of at least 4 members (excludes halogenated alkanes) is 1. The molecule has 0 aliphatic carbocycles. The molecule has 0 aromatic rings. The van der Waals surface area contributed by atoms with Gasteiger partial charge in [-0.3, -0.25) is 0 Å². The number of Topliss-reactive ketones (excluding diaryl/α,β-unsaturated/α-hetero) is 1. The second-order valence-corrected chi connectivity index (χ2v) is 2.64. The highest BCUT2D eigenvalue weighted by Gasteiger charge is 1.89. The van der Waals surface area contributed by atoms with Gasteiger partial charge in [-0.2, -0.15) is 0 Å². The first-order chi connectivity index (χ1) is 5.77. The molecule has 0 aliphatic rings. The lowest BCUT2D eigenvalue weighted by atomic mass is 10.2. The molecule has 0 aromatic heterocycles. The average Bonchev–Trinajstić information content (AvgIpc) is 2.02. The van der Waals surface area contributed by atoms with Crippen LogP contribution in [0.2, 0.25) is 0 Å². The highest BCUT2D eigenvalue weighted by molar-refractivity contribution is 5.75. The van der Waals surface area contributed by atoms with E-state index in [9.17, 15) is 4.79 Å². The van der Waals surface area contributed by atoms with Crippen LogP contribution >= 0.6 is 0 Å². The maximum atomic E-state index is 10.5. The Kier molecular flexibility index (Phi) is 7.25. The molecule has 0 amide bonds. The van der Waals surface area contributed by atoms with Crippen molar-refractivity contribution in [3.63, 3.8) is 0 Å². The molecule has 0 radical (unpaired) electrons. The summed E-state index contributed by atoms with van der Waals surface area (Å²) in [4.78, 5) is 10.5. The molecule has 0 rings (SSSR count). The van der Waals surface area contributed by atoms with Gasteiger partial charge in [0.25, 0.3) is 0 Å². The molecule has 66 valence electrons. The minimum absolute atomic E-state index is 0.269. The van der Waals surface area contributed by atoms with E-state index in [4.69, 9.17) is 0 Å². The Labute approximate surface area is 74.5 Å². The van der Waals surface area contributed by atoms with Crippen molar-refractivity contribution >= 4 is 5.78 Å². The molecule has 0 aromatic carbocycles. The van der Waals surface area contributed by atoms with Gasteiger partial charge in [0, 0.05) is 6.42 Å². The van der Waals surface area contributed by atoms with Gasteiger partial charge in [0.1, 0.15) is 5.78 Å². The van der Waals surface area contributed by atoms with Gasteiger partial charge in [-0.1, -0.05) is 37.0 Å². The van der Waals surface area contributed by atoms with Gasteiger partial charge in [0.2, 0.25) is 0 Å². The van der Waals surface area contributed by atoms with E-state index >= 15 is 0 Å². The molecule has 0 fully saturated rings. The van der Waals surface area contributed by atoms with Crippen molar-refractivity contribution in [3.8, 4) is 0 Å². The summed E-state index contributed by atoms with van der Waals surface area (Å²) in [5.41, 5.74) is 0. The van der Waals surface area contributed by atoms with Crippen LogP contribution in [-0.4, -0.2) is 5.78 Å². The summed E-state index contributed by atoms with van der Waals surface area (Å²) < 4.78 is 0. The second kappa shape index (κ2) is 7.99. The van der Waals surface area contributed by atoms with Crippen LogP contribution in [0.5, 0.6) is 0 Å². The molecular formula is C11H16O. The molecule has 1 nitrogen and oxygen atoms in total. The normalized spacial score (nSPS) is 11.1. The number of ketones is 1. The number of carbonyl (C=O) groups excluding carboxylic acids is 1. The van der Waals surface area contributed by atoms with Crippen molar-refractivity contribution in [1.29, 1.82) is 0 Å². The topological polar surface area (TPSA) is 17.1 Å². The van der Waals surface area contributed by atoms with Crippen LogP contribution in [0.3, 0.4) is 0 Å². The summed E-state index contributed by atoms with van der Waals surface area (Å²) in [5.74, 6) is 0.269. The van der Waals surface area contributed by atoms with Gasteiger partial charge in [-0.05, 0) is 19.8 Å². The standard InChI is InChI=1S/C11H16O/c1-3-4-5-6-7-8-9-10-11(2)12/h3-7H,1,8-10H2,2H3/b5-4-,7-6+. The molecule has 0 spiro atoms. The fraction of sp³-hybridized carbons (Fsp3) is 0.364. The average molecular weight is 164 g/mol. The monoisotopic (exact) mass is 164 g/mol. The summed E-state index contributed by atoms with van der Waals surface area (Å²) in [5, 5.41) is 0. The van der Waals surface area contributed by atoms with Crippen LogP contribution < -0.4 is 0 Å². The summed E-state index contributed by atoms with van der Waals surface area (Å²) in [6, 6.07) is 0. The predicted octanol–water partition coefficient (Wildman–Crippen LogP) is 3.04. The molecule has 0 unspecified atom stereocenters. The first-order valence-electron chi connectivity index (χ1n) is 4.21. The highest BCUT2D eigenvalue weighted by Crippen LogP contribution is 1.97. The van der Waals surface area contributed by atoms with E-state index in [1.807, 2.05) is 18.2 Å². The Morgan fingerprint density at radius 1 is 1.33 bits per heavy atom. The zero-order valence-corrected chi connectivity index (χ0v) is 7.62. The largest absolute Gasteiger partial charge is 0.300 e. The first kappa shape index (κ1) is 10.9. The SMILES string of the molecule is C=C/C=C\C=C\CCCC(C)=O. The third kappa shape index (κ3) is 8.89. The summed E-state index contributed by atoms with van der Waals surface area (Å²) in [6.45, 7) is 5.18. The van der Waals surface area contributed by atoms with Crippen LogP contribution in [0.15, 0.2) is 37.0 Å². The molecule has 1 heteroatoms. The number of hydrogen-bond donors (Lipinski definition) is 0. The Morgan fingerprint density at radius 3 is 2.67 bits per heavy atom. The number of carbonyl (C=O) groups is 1. The Hall–Kier alpha value is -1.11. The quantitative estimate of drug-likeness (QED) is 0.435. The lowest BCUT2D eigenvalue weighted by Crippen LogP contribution is -1.87. The Balaban J connectivity index is 3.30. The van der Waals surface area contributed by atoms with Crippen molar-refractivity contribution < 1.29 is 4.79 Å². The first-order valence-corrected chi connectivity index (χ1v) is 4.21. The molecule has 0 N–H and O–H groups in total. The molecule has 0 atom stereocenters. The predicted molar refractivity (Wildman–Crippen MR) is 53.0 cm³/mol. The van der Waals surface area contributed by atoms with Crippen molar-refractivity contribution in [2.45, 2.75) is 26.2 Å². The lowest BCUT2D eigenvalue weighted by molar-refractivity contribution is -0.117. The maximum absolute atomic E-state index is 10.5. The Bertz CT molecular complexity index is 187. The molecule has 0 saturated carbocycles. The fourth-order valence-corrected chi connectivity index (χ4v) is 0.786. The van der Waals surface area contributed by atoms with Crippen LogP contribution in [0.25, 0.3) is 0 Å². The third-order valence-corrected chi connectivity index (χ3v) is 1.39. The van der Waals surface area contributed by atoms with Gasteiger partial charge in [0.15, 0.2) is 0 Å². The zero-order chi connectivity index (χ0) is 9.23. The van der Waals surface area contributed by atoms with Crippen LogP contribution in [-0.2, 0) is 4.79 Å². The number of hydrogen-bond acceptors (Lipinski definition) is 1. The fourth-order valence-electron chi connectivity index (χ4n) is 0.786.